The van der Waals surface area contributed by atoms with E-state index in [1.807, 2.05) is 54.6 Å². The van der Waals surface area contributed by atoms with Gasteiger partial charge in [-0.05, 0) is 0 Å². The Morgan fingerprint density at radius 2 is 1.04 bits per heavy atom. The maximum atomic E-state index is 12.6. The number of hydrogen-bond acceptors (Lipinski definition) is 2. The molecule has 0 amide bonds. The predicted molar refractivity (Wildman–Crippen MR) is 108 cm³/mol. The zero-order chi connectivity index (χ0) is 17.8. The molecule has 0 heterocycles. The summed E-state index contributed by atoms with van der Waals surface area (Å²) in [5.41, 5.74) is 0. The number of ether oxygens (including phenoxy) is 1. The van der Waals surface area contributed by atoms with Gasteiger partial charge in [0.25, 0.3) is 0 Å². The first-order valence-electron chi connectivity index (χ1n) is 8.34. The SMILES string of the molecule is COC(=O)CP(C)(c1ccccc1)(c1ccccc1)c1ccccc1. The van der Waals surface area contributed by atoms with Crippen LogP contribution < -0.4 is 15.9 Å². The van der Waals surface area contributed by atoms with Crippen molar-refractivity contribution in [3.63, 3.8) is 0 Å². The van der Waals surface area contributed by atoms with E-state index in [-0.39, 0.29) is 5.97 Å². The van der Waals surface area contributed by atoms with Crippen LogP contribution in [0.15, 0.2) is 91.0 Å². The van der Waals surface area contributed by atoms with Crippen LogP contribution in [0.5, 0.6) is 0 Å². The van der Waals surface area contributed by atoms with Gasteiger partial charge in [0.15, 0.2) is 0 Å². The van der Waals surface area contributed by atoms with Crippen LogP contribution in [0.4, 0.5) is 0 Å². The number of esters is 1. The quantitative estimate of drug-likeness (QED) is 0.521. The van der Waals surface area contributed by atoms with Gasteiger partial charge in [-0.1, -0.05) is 0 Å². The number of rotatable bonds is 5. The van der Waals surface area contributed by atoms with E-state index in [0.717, 1.165) is 0 Å². The topological polar surface area (TPSA) is 26.3 Å². The monoisotopic (exact) mass is 350 g/mol. The third-order valence-electron chi connectivity index (χ3n) is 5.12. The third-order valence-corrected chi connectivity index (χ3v) is 11.3. The number of carbonyl (C=O) groups is 1. The zero-order valence-electron chi connectivity index (χ0n) is 14.6. The van der Waals surface area contributed by atoms with Gasteiger partial charge in [0, 0.05) is 0 Å². The van der Waals surface area contributed by atoms with Crippen molar-refractivity contribution in [3.8, 4) is 0 Å². The first kappa shape index (κ1) is 17.4. The number of hydrogen-bond donors (Lipinski definition) is 0. The van der Waals surface area contributed by atoms with Crippen molar-refractivity contribution < 1.29 is 9.53 Å². The second-order valence-electron chi connectivity index (χ2n) is 6.54. The summed E-state index contributed by atoms with van der Waals surface area (Å²) < 4.78 is 5.13. The molecule has 0 aliphatic rings. The van der Waals surface area contributed by atoms with Crippen LogP contribution in [-0.4, -0.2) is 25.9 Å². The first-order chi connectivity index (χ1) is 12.1. The van der Waals surface area contributed by atoms with Crippen LogP contribution in [0, 0.1) is 0 Å². The molecule has 3 aromatic rings. The summed E-state index contributed by atoms with van der Waals surface area (Å²) >= 11 is 0. The van der Waals surface area contributed by atoms with E-state index in [1.165, 1.54) is 23.0 Å². The zero-order valence-corrected chi connectivity index (χ0v) is 15.5. The molecule has 0 spiro atoms. The Balaban J connectivity index is 2.42. The van der Waals surface area contributed by atoms with Gasteiger partial charge in [-0.2, -0.15) is 0 Å². The Kier molecular flexibility index (Phi) is 4.74. The average Bonchev–Trinajstić information content (AvgIpc) is 2.70. The molecule has 128 valence electrons. The van der Waals surface area contributed by atoms with Crippen LogP contribution >= 0.6 is 6.60 Å². The molecule has 0 unspecified atom stereocenters. The normalized spacial score (nSPS) is 12.8. The summed E-state index contributed by atoms with van der Waals surface area (Å²) in [4.78, 5) is 12.6. The molecule has 25 heavy (non-hydrogen) atoms. The fourth-order valence-corrected chi connectivity index (χ4v) is 8.76. The van der Waals surface area contributed by atoms with Crippen molar-refractivity contribution >= 4 is 28.5 Å². The molecule has 0 bridgehead atoms. The van der Waals surface area contributed by atoms with Gasteiger partial charge in [-0.25, -0.2) is 0 Å². The van der Waals surface area contributed by atoms with Crippen LogP contribution in [0.1, 0.15) is 0 Å². The van der Waals surface area contributed by atoms with Gasteiger partial charge in [0.1, 0.15) is 0 Å². The first-order valence-corrected chi connectivity index (χ1v) is 11.2. The molecule has 0 saturated heterocycles. The van der Waals surface area contributed by atoms with Crippen molar-refractivity contribution in [1.29, 1.82) is 0 Å². The van der Waals surface area contributed by atoms with E-state index in [4.69, 9.17) is 4.74 Å². The molecular formula is C22H23O2P. The van der Waals surface area contributed by atoms with E-state index in [1.54, 1.807) is 0 Å². The Labute approximate surface area is 149 Å². The molecule has 0 N–H and O–H groups in total. The van der Waals surface area contributed by atoms with E-state index >= 15 is 0 Å². The van der Waals surface area contributed by atoms with Crippen molar-refractivity contribution in [2.24, 2.45) is 0 Å². The molecule has 3 aromatic carbocycles. The van der Waals surface area contributed by atoms with Crippen molar-refractivity contribution in [1.82, 2.24) is 0 Å². The van der Waals surface area contributed by atoms with Gasteiger partial charge < -0.3 is 0 Å². The second-order valence-corrected chi connectivity index (χ2v) is 12.0. The summed E-state index contributed by atoms with van der Waals surface area (Å²) in [6, 6.07) is 31.1. The summed E-state index contributed by atoms with van der Waals surface area (Å²) in [5.74, 6) is -0.184. The molecule has 0 fully saturated rings. The predicted octanol–water partition coefficient (Wildman–Crippen LogP) is 3.32. The molecule has 3 rings (SSSR count). The van der Waals surface area contributed by atoms with Crippen molar-refractivity contribution in [3.05, 3.63) is 91.0 Å². The van der Waals surface area contributed by atoms with Crippen molar-refractivity contribution in [2.75, 3.05) is 19.9 Å². The van der Waals surface area contributed by atoms with Crippen LogP contribution in [0.25, 0.3) is 0 Å². The van der Waals surface area contributed by atoms with E-state index in [9.17, 15) is 4.79 Å². The summed E-state index contributed by atoms with van der Waals surface area (Å²) in [6.45, 7) is -0.727. The van der Waals surface area contributed by atoms with Crippen LogP contribution in [0.3, 0.4) is 0 Å². The van der Waals surface area contributed by atoms with Crippen LogP contribution in [0.2, 0.25) is 0 Å². The molecule has 0 radical (unpaired) electrons. The Morgan fingerprint density at radius 3 is 1.32 bits per heavy atom. The fraction of sp³-hybridized carbons (Fsp3) is 0.136. The molecule has 2 nitrogen and oxygen atoms in total. The molecule has 3 heteroatoms. The van der Waals surface area contributed by atoms with Crippen molar-refractivity contribution in [2.45, 2.75) is 0 Å². The molecule has 0 aromatic heterocycles. The third kappa shape index (κ3) is 2.88. The van der Waals surface area contributed by atoms with Gasteiger partial charge in [0.2, 0.25) is 0 Å². The van der Waals surface area contributed by atoms with E-state index in [0.29, 0.717) is 6.16 Å². The summed E-state index contributed by atoms with van der Waals surface area (Å²) in [6.07, 6.45) is 0.347. The van der Waals surface area contributed by atoms with E-state index in [2.05, 4.69) is 43.1 Å². The Bertz CT molecular complexity index is 746. The molecule has 0 aliphatic carbocycles. The average molecular weight is 350 g/mol. The fourth-order valence-electron chi connectivity index (χ4n) is 3.60. The molecule has 0 aliphatic heterocycles. The number of carbonyl (C=O) groups excluding carboxylic acids is 1. The van der Waals surface area contributed by atoms with Gasteiger partial charge >= 0.3 is 149 Å². The number of methoxy groups -OCH3 is 1. The number of benzene rings is 3. The minimum absolute atomic E-state index is 0.184. The van der Waals surface area contributed by atoms with Gasteiger partial charge in [0.05, 0.1) is 0 Å². The molecule has 0 saturated carbocycles. The Hall–Kier alpha value is -2.44. The second kappa shape index (κ2) is 6.82. The van der Waals surface area contributed by atoms with Crippen LogP contribution in [-0.2, 0) is 9.53 Å². The minimum atomic E-state index is -2.99. The van der Waals surface area contributed by atoms with Gasteiger partial charge in [-0.3, -0.25) is 0 Å². The van der Waals surface area contributed by atoms with E-state index < -0.39 is 6.60 Å². The standard InChI is InChI=1S/C22H23O2P/c1-24-22(23)18-25(2,19-12-6-3-7-13-19,20-14-8-4-9-15-20)21-16-10-5-11-17-21/h3-17H,18H2,1-2H3. The van der Waals surface area contributed by atoms with Gasteiger partial charge in [-0.15, -0.1) is 0 Å². The molecule has 0 atom stereocenters. The maximum absolute atomic E-state index is 12.6. The molecular weight excluding hydrogens is 327 g/mol. The summed E-state index contributed by atoms with van der Waals surface area (Å²) in [5, 5.41) is 3.57. The summed E-state index contributed by atoms with van der Waals surface area (Å²) in [7, 11) is 1.46. The Morgan fingerprint density at radius 1 is 0.720 bits per heavy atom.